The Labute approximate surface area is 178 Å². The molecule has 8 heteroatoms. The van der Waals surface area contributed by atoms with Gasteiger partial charge in [-0.05, 0) is 42.5 Å². The van der Waals surface area contributed by atoms with E-state index >= 15 is 0 Å². The van der Waals surface area contributed by atoms with Crippen LogP contribution in [0.4, 0.5) is 5.69 Å². The first-order valence-corrected chi connectivity index (χ1v) is 10.1. The topological polar surface area (TPSA) is 94.3 Å². The first-order chi connectivity index (χ1) is 14.5. The molecular formula is C22H21ClN4O3. The summed E-state index contributed by atoms with van der Waals surface area (Å²) < 4.78 is 0. The lowest BCUT2D eigenvalue weighted by Gasteiger charge is -2.16. The molecule has 0 saturated carbocycles. The molecule has 2 aromatic carbocycles. The van der Waals surface area contributed by atoms with Crippen LogP contribution in [0.5, 0.6) is 0 Å². The van der Waals surface area contributed by atoms with Crippen molar-refractivity contribution < 1.29 is 14.4 Å². The van der Waals surface area contributed by atoms with Crippen molar-refractivity contribution in [3.05, 3.63) is 65.3 Å². The summed E-state index contributed by atoms with van der Waals surface area (Å²) >= 11 is 5.89. The molecule has 7 nitrogen and oxygen atoms in total. The zero-order valence-corrected chi connectivity index (χ0v) is 16.9. The third kappa shape index (κ3) is 4.16. The van der Waals surface area contributed by atoms with Crippen molar-refractivity contribution in [2.75, 3.05) is 24.5 Å². The lowest BCUT2D eigenvalue weighted by atomic mass is 10.1. The molecule has 0 bridgehead atoms. The van der Waals surface area contributed by atoms with Crippen molar-refractivity contribution in [1.82, 2.24) is 15.6 Å². The number of amides is 3. The van der Waals surface area contributed by atoms with Gasteiger partial charge in [0.25, 0.3) is 5.91 Å². The highest BCUT2D eigenvalue weighted by Gasteiger charge is 2.34. The van der Waals surface area contributed by atoms with E-state index in [1.165, 1.54) is 0 Å². The number of aromatic nitrogens is 1. The summed E-state index contributed by atoms with van der Waals surface area (Å²) in [5, 5.41) is 7.07. The molecular weight excluding hydrogens is 404 g/mol. The Bertz CT molecular complexity index is 1090. The number of fused-ring (bicyclic) bond motifs is 1. The minimum atomic E-state index is -0.419. The van der Waals surface area contributed by atoms with E-state index in [4.69, 9.17) is 11.6 Å². The molecule has 1 saturated heterocycles. The van der Waals surface area contributed by atoms with E-state index in [9.17, 15) is 14.4 Å². The molecule has 0 spiro atoms. The molecule has 3 amide bonds. The summed E-state index contributed by atoms with van der Waals surface area (Å²) in [6, 6.07) is 14.3. The molecule has 1 fully saturated rings. The minimum Gasteiger partial charge on any atom is -0.361 e. The SMILES string of the molecule is O=C(NCCNC(=O)[C@@H]1CC(=O)N(c2ccc(Cl)cc2)C1)c1cccc2[nH]ccc12. The van der Waals surface area contributed by atoms with Crippen LogP contribution < -0.4 is 15.5 Å². The standard InChI is InChI=1S/C22H21ClN4O3/c23-15-4-6-16(7-5-15)27-13-14(12-20(27)28)21(29)25-10-11-26-22(30)18-2-1-3-19-17(18)8-9-24-19/h1-9,14,24H,10-13H2,(H,25,29)(H,26,30)/t14-/m1/s1. The Hall–Kier alpha value is -3.32. The number of carbonyl (C=O) groups excluding carboxylic acids is 3. The highest BCUT2D eigenvalue weighted by Crippen LogP contribution is 2.26. The van der Waals surface area contributed by atoms with Gasteiger partial charge in [-0.1, -0.05) is 17.7 Å². The molecule has 154 valence electrons. The van der Waals surface area contributed by atoms with Crippen molar-refractivity contribution >= 4 is 45.9 Å². The number of aromatic amines is 1. The summed E-state index contributed by atoms with van der Waals surface area (Å²) in [7, 11) is 0. The van der Waals surface area contributed by atoms with Crippen LogP contribution in [0.25, 0.3) is 10.9 Å². The van der Waals surface area contributed by atoms with E-state index in [0.29, 0.717) is 30.2 Å². The number of H-pyrrole nitrogens is 1. The predicted octanol–water partition coefficient (Wildman–Crippen LogP) is 2.72. The summed E-state index contributed by atoms with van der Waals surface area (Å²) in [6.07, 6.45) is 1.95. The molecule has 3 N–H and O–H groups in total. The first kappa shape index (κ1) is 20.0. The summed E-state index contributed by atoms with van der Waals surface area (Å²) in [6.45, 7) is 0.917. The van der Waals surface area contributed by atoms with Gasteiger partial charge in [0.15, 0.2) is 0 Å². The smallest absolute Gasteiger partial charge is 0.252 e. The average molecular weight is 425 g/mol. The fourth-order valence-electron chi connectivity index (χ4n) is 3.64. The average Bonchev–Trinajstić information content (AvgIpc) is 3.38. The summed E-state index contributed by atoms with van der Waals surface area (Å²) in [5.41, 5.74) is 2.21. The van der Waals surface area contributed by atoms with Crippen LogP contribution in [0.1, 0.15) is 16.8 Å². The van der Waals surface area contributed by atoms with E-state index in [2.05, 4.69) is 15.6 Å². The Kier molecular flexibility index (Phi) is 5.72. The highest BCUT2D eigenvalue weighted by atomic mass is 35.5. The van der Waals surface area contributed by atoms with Crippen LogP contribution >= 0.6 is 11.6 Å². The van der Waals surface area contributed by atoms with Crippen molar-refractivity contribution in [3.8, 4) is 0 Å². The molecule has 2 heterocycles. The fraction of sp³-hybridized carbons (Fsp3) is 0.227. The maximum atomic E-state index is 12.4. The van der Waals surface area contributed by atoms with Crippen molar-refractivity contribution in [2.45, 2.75) is 6.42 Å². The fourth-order valence-corrected chi connectivity index (χ4v) is 3.76. The molecule has 1 atom stereocenters. The Morgan fingerprint density at radius 2 is 1.83 bits per heavy atom. The maximum absolute atomic E-state index is 12.4. The lowest BCUT2D eigenvalue weighted by molar-refractivity contribution is -0.126. The van der Waals surface area contributed by atoms with E-state index in [-0.39, 0.29) is 24.1 Å². The van der Waals surface area contributed by atoms with Gasteiger partial charge < -0.3 is 20.5 Å². The number of nitrogens with one attached hydrogen (secondary N) is 3. The second kappa shape index (κ2) is 8.59. The van der Waals surface area contributed by atoms with Gasteiger partial charge in [-0.25, -0.2) is 0 Å². The van der Waals surface area contributed by atoms with Crippen molar-refractivity contribution in [1.29, 1.82) is 0 Å². The number of nitrogens with zero attached hydrogens (tertiary/aromatic N) is 1. The van der Waals surface area contributed by atoms with Gasteiger partial charge in [0, 0.05) is 59.4 Å². The van der Waals surface area contributed by atoms with Gasteiger partial charge in [-0.2, -0.15) is 0 Å². The van der Waals surface area contributed by atoms with Gasteiger partial charge in [-0.3, -0.25) is 14.4 Å². The van der Waals surface area contributed by atoms with Crippen LogP contribution in [0, 0.1) is 5.92 Å². The monoisotopic (exact) mass is 424 g/mol. The zero-order valence-electron chi connectivity index (χ0n) is 16.2. The quantitative estimate of drug-likeness (QED) is 0.531. The van der Waals surface area contributed by atoms with Gasteiger partial charge in [-0.15, -0.1) is 0 Å². The molecule has 3 aromatic rings. The first-order valence-electron chi connectivity index (χ1n) is 9.71. The van der Waals surface area contributed by atoms with Crippen LogP contribution in [0.2, 0.25) is 5.02 Å². The van der Waals surface area contributed by atoms with Crippen LogP contribution in [0.15, 0.2) is 54.7 Å². The second-order valence-corrected chi connectivity index (χ2v) is 7.61. The van der Waals surface area contributed by atoms with Crippen LogP contribution in [-0.2, 0) is 9.59 Å². The number of halogens is 1. The molecule has 4 rings (SSSR count). The van der Waals surface area contributed by atoms with E-state index < -0.39 is 5.92 Å². The van der Waals surface area contributed by atoms with Crippen LogP contribution in [-0.4, -0.2) is 42.3 Å². The molecule has 0 radical (unpaired) electrons. The third-order valence-electron chi connectivity index (χ3n) is 5.18. The van der Waals surface area contributed by atoms with Gasteiger partial charge in [0.2, 0.25) is 11.8 Å². The molecule has 1 aromatic heterocycles. The lowest BCUT2D eigenvalue weighted by Crippen LogP contribution is -2.38. The number of carbonyl (C=O) groups is 3. The van der Waals surface area contributed by atoms with Gasteiger partial charge >= 0.3 is 0 Å². The zero-order chi connectivity index (χ0) is 21.1. The van der Waals surface area contributed by atoms with E-state index in [1.54, 1.807) is 41.4 Å². The Balaban J connectivity index is 1.26. The van der Waals surface area contributed by atoms with Gasteiger partial charge in [0.1, 0.15) is 0 Å². The predicted molar refractivity (Wildman–Crippen MR) is 116 cm³/mol. The number of rotatable bonds is 6. The Morgan fingerprint density at radius 1 is 1.07 bits per heavy atom. The minimum absolute atomic E-state index is 0.0922. The number of benzene rings is 2. The highest BCUT2D eigenvalue weighted by molar-refractivity contribution is 6.30. The maximum Gasteiger partial charge on any atom is 0.252 e. The summed E-state index contributed by atoms with van der Waals surface area (Å²) in [5.74, 6) is -0.899. The normalized spacial score (nSPS) is 16.1. The van der Waals surface area contributed by atoms with Crippen molar-refractivity contribution in [3.63, 3.8) is 0 Å². The molecule has 1 aliphatic heterocycles. The molecule has 0 unspecified atom stereocenters. The Morgan fingerprint density at radius 3 is 2.63 bits per heavy atom. The second-order valence-electron chi connectivity index (χ2n) is 7.17. The van der Waals surface area contributed by atoms with Gasteiger partial charge in [0.05, 0.1) is 5.92 Å². The number of anilines is 1. The van der Waals surface area contributed by atoms with Crippen LogP contribution in [0.3, 0.4) is 0 Å². The van der Waals surface area contributed by atoms with E-state index in [0.717, 1.165) is 16.6 Å². The van der Waals surface area contributed by atoms with E-state index in [1.807, 2.05) is 18.2 Å². The molecule has 30 heavy (non-hydrogen) atoms. The molecule has 1 aliphatic rings. The third-order valence-corrected chi connectivity index (χ3v) is 5.44. The summed E-state index contributed by atoms with van der Waals surface area (Å²) in [4.78, 5) is 41.8. The number of hydrogen-bond donors (Lipinski definition) is 3. The number of hydrogen-bond acceptors (Lipinski definition) is 3. The molecule has 0 aliphatic carbocycles. The largest absolute Gasteiger partial charge is 0.361 e. The van der Waals surface area contributed by atoms with Crippen molar-refractivity contribution in [2.24, 2.45) is 5.92 Å².